The Morgan fingerprint density at radius 1 is 0.961 bits per heavy atom. The molecule has 1 aromatic carbocycles. The molecule has 4 aliphatic rings. The second-order valence-electron chi connectivity index (χ2n) is 18.8. The van der Waals surface area contributed by atoms with Crippen molar-refractivity contribution in [2.45, 2.75) is 107 Å². The molecule has 0 spiro atoms. The fourth-order valence-electron chi connectivity index (χ4n) is 9.10. The molecule has 7 rings (SSSR count). The predicted octanol–water partition coefficient (Wildman–Crippen LogP) is 0.912. The average Bonchev–Trinajstić information content (AvgIpc) is 4.29. The summed E-state index contributed by atoms with van der Waals surface area (Å²) in [5, 5.41) is 16.6. The predicted molar refractivity (Wildman–Crippen MR) is 285 cm³/mol. The van der Waals surface area contributed by atoms with E-state index in [0.717, 1.165) is 97.3 Å². The summed E-state index contributed by atoms with van der Waals surface area (Å²) in [7, 11) is 7.40. The molecule has 3 radical (unpaired) electrons. The van der Waals surface area contributed by atoms with E-state index in [9.17, 15) is 52.3 Å². The Balaban J connectivity index is 0.000000260. The Kier molecular flexibility index (Phi) is 25.8. The van der Waals surface area contributed by atoms with Gasteiger partial charge in [0.05, 0.1) is 36.6 Å². The van der Waals surface area contributed by atoms with Crippen LogP contribution in [0.25, 0.3) is 22.3 Å². The summed E-state index contributed by atoms with van der Waals surface area (Å²) in [5.41, 5.74) is 7.49. The summed E-state index contributed by atoms with van der Waals surface area (Å²) in [6.45, 7) is 10.6. The van der Waals surface area contributed by atoms with Gasteiger partial charge in [0.25, 0.3) is 5.56 Å². The number of ether oxygens (including phenoxy) is 2. The van der Waals surface area contributed by atoms with E-state index in [1.165, 1.54) is 6.07 Å². The van der Waals surface area contributed by atoms with Gasteiger partial charge in [0.15, 0.2) is 0 Å². The molecule has 1 saturated heterocycles. The molecule has 2 fully saturated rings. The summed E-state index contributed by atoms with van der Waals surface area (Å²) in [4.78, 5) is 121. The van der Waals surface area contributed by atoms with E-state index in [1.807, 2.05) is 19.9 Å². The zero-order chi connectivity index (χ0) is 56.9. The number of aldehydes is 3. The number of imide groups is 1. The van der Waals surface area contributed by atoms with E-state index in [4.69, 9.17) is 14.5 Å². The minimum Gasteiger partial charge on any atom is -0.380 e. The number of carbonyl (C=O) groups is 9. The second-order valence-corrected chi connectivity index (χ2v) is 20.4. The zero-order valence-corrected chi connectivity index (χ0v) is 48.8. The number of halogens is 1. The number of likely N-dealkylation sites (N-methyl/N-ethyl adjacent to an activating group) is 2. The molecule has 6 amide bonds. The van der Waals surface area contributed by atoms with Crippen molar-refractivity contribution in [3.63, 3.8) is 0 Å². The topological polar surface area (TPSA) is 286 Å². The van der Waals surface area contributed by atoms with Crippen LogP contribution in [-0.4, -0.2) is 180 Å². The Morgan fingerprint density at radius 2 is 1.66 bits per heavy atom. The zero-order valence-electron chi connectivity index (χ0n) is 44.9. The fraction of sp³-hybridized carbons (Fsp3) is 0.528. The van der Waals surface area contributed by atoms with Crippen LogP contribution in [-0.2, 0) is 72.2 Å². The van der Waals surface area contributed by atoms with Crippen molar-refractivity contribution in [2.24, 2.45) is 5.92 Å². The van der Waals surface area contributed by atoms with Gasteiger partial charge in [0.1, 0.15) is 24.9 Å². The molecule has 77 heavy (non-hydrogen) atoms. The van der Waals surface area contributed by atoms with Gasteiger partial charge in [-0.2, -0.15) is 0 Å². The van der Waals surface area contributed by atoms with Crippen LogP contribution >= 0.6 is 0 Å². The van der Waals surface area contributed by atoms with Crippen LogP contribution in [0.1, 0.15) is 97.7 Å². The molecule has 417 valence electrons. The molecule has 3 aromatic rings. The van der Waals surface area contributed by atoms with Gasteiger partial charge in [-0.1, -0.05) is 6.92 Å². The number of rotatable bonds is 25. The van der Waals surface area contributed by atoms with E-state index in [1.54, 1.807) is 25.6 Å². The molecule has 2 aliphatic heterocycles. The van der Waals surface area contributed by atoms with Gasteiger partial charge in [-0.05, 0) is 82.6 Å². The third kappa shape index (κ3) is 16.9. The number of aromatic nitrogens is 2. The Hall–Kier alpha value is -6.16. The molecule has 4 heterocycles. The molecule has 1 saturated carbocycles. The van der Waals surface area contributed by atoms with Gasteiger partial charge >= 0.3 is 162 Å². The van der Waals surface area contributed by atoms with Gasteiger partial charge in [0.2, 0.25) is 17.7 Å². The monoisotopic (exact) mass is 1270 g/mol. The van der Waals surface area contributed by atoms with Crippen molar-refractivity contribution in [2.75, 3.05) is 67.7 Å². The Morgan fingerprint density at radius 3 is 2.21 bits per heavy atom. The van der Waals surface area contributed by atoms with Crippen LogP contribution in [0.15, 0.2) is 29.2 Å². The van der Waals surface area contributed by atoms with E-state index in [-0.39, 0.29) is 92.8 Å². The summed E-state index contributed by atoms with van der Waals surface area (Å²) in [6.07, 6.45) is 7.20. The van der Waals surface area contributed by atoms with Crippen molar-refractivity contribution < 1.29 is 57.0 Å². The molecular formula is C53H72FN10O12Pb. The van der Waals surface area contributed by atoms with Crippen molar-refractivity contribution >= 4 is 91.5 Å². The third-order valence-electron chi connectivity index (χ3n) is 13.3. The standard InChI is InChI=1S/C27H30FN3O3.C15H23N4O5.C8H12N2O3.C3H7NO.Pb/c1-6-15(12-32)17-9-23-26-18(11-31(23)27(33)19(17)13-34-5)25-22(30(3)4)8-7-16-14(2)20(28)10-21(29-26)24(16)25;1-10(5-16-8-21)19-11(2)15(23)17-6-14(22)18-9-24-13(7-20)12-3-4-12;1-2-9-6(11)5-10-7(12)3-4-8(10)13;1-4-2-3-5;/h9-10,12,15,22H,6-8,11,13H2,1-5H3;7-8,11-13,19H,1-6,9H2,(H,16,21)(H,17,23)(H,18,22);2-5H2,1H3,(H,9,11);3-4H,2H2,1H3;. The van der Waals surface area contributed by atoms with Crippen molar-refractivity contribution in [1.82, 2.24) is 51.3 Å². The maximum absolute atomic E-state index is 14.9. The number of nitrogens with one attached hydrogen (secondary N) is 6. The van der Waals surface area contributed by atoms with Crippen molar-refractivity contribution in [1.29, 1.82) is 0 Å². The van der Waals surface area contributed by atoms with E-state index >= 15 is 0 Å². The summed E-state index contributed by atoms with van der Waals surface area (Å²) >= 11 is 0.780. The van der Waals surface area contributed by atoms with Crippen LogP contribution in [0.5, 0.6) is 0 Å². The first-order chi connectivity index (χ1) is 36.9. The number of likely N-dealkylation sites (tertiary alicyclic amines) is 1. The van der Waals surface area contributed by atoms with Crippen LogP contribution in [0.4, 0.5) is 4.39 Å². The number of nitrogens with zero attached hydrogens (tertiary/aromatic N) is 4. The van der Waals surface area contributed by atoms with Crippen LogP contribution in [0.3, 0.4) is 0 Å². The van der Waals surface area contributed by atoms with Crippen molar-refractivity contribution in [3.8, 4) is 11.4 Å². The number of benzene rings is 1. The summed E-state index contributed by atoms with van der Waals surface area (Å²) < 4.78 is 27.9. The Labute approximate surface area is 463 Å². The molecule has 4 unspecified atom stereocenters. The van der Waals surface area contributed by atoms with Gasteiger partial charge in [-0.25, -0.2) is 9.37 Å². The molecule has 4 atom stereocenters. The fourth-order valence-corrected chi connectivity index (χ4v) is 10.2. The van der Waals surface area contributed by atoms with E-state index < -0.39 is 24.0 Å². The maximum atomic E-state index is 14.9. The SMILES string of the molecule is C=C(CNC=O)NC([CH2][Pb])C(=O)NCC(=O)NCOC(C=O)C1CC1.CCC(C=O)c1cc2n(c(=O)c1COC)Cc1c-2nc2cc(F)c(C)c3c2c1C(N(C)C)CC3.CCNC(=O)CN1C(=O)CCC1=O.CNCC=O. The number of aryl methyl sites for hydroxylation is 1. The molecule has 6 N–H and O–H groups in total. The van der Waals surface area contributed by atoms with E-state index in [2.05, 4.69) is 57.5 Å². The van der Waals surface area contributed by atoms with Crippen molar-refractivity contribution in [3.05, 3.63) is 74.0 Å². The minimum absolute atomic E-state index is 0.0643. The van der Waals surface area contributed by atoms with Crippen LogP contribution in [0.2, 0.25) is 3.98 Å². The number of methoxy groups -OCH3 is 1. The molecular weight excluding hydrogens is 1190 g/mol. The third-order valence-corrected chi connectivity index (χ3v) is 14.8. The smallest absolute Gasteiger partial charge is 0.380 e. The molecule has 22 nitrogen and oxygen atoms in total. The number of pyridine rings is 2. The summed E-state index contributed by atoms with van der Waals surface area (Å²) in [6, 6.07) is 3.11. The number of hydrogen-bond donors (Lipinski definition) is 6. The molecule has 24 heteroatoms. The first-order valence-electron chi connectivity index (χ1n) is 25.5. The van der Waals surface area contributed by atoms with Gasteiger partial charge in [-0.3, -0.25) is 24.1 Å². The molecule has 0 bridgehead atoms. The quantitative estimate of drug-likeness (QED) is 0.0233. The van der Waals surface area contributed by atoms with Gasteiger partial charge in [0, 0.05) is 61.0 Å². The number of amides is 6. The van der Waals surface area contributed by atoms with E-state index in [0.29, 0.717) is 75.7 Å². The molecule has 2 aliphatic carbocycles. The summed E-state index contributed by atoms with van der Waals surface area (Å²) in [5.74, 6) is -1.89. The second kappa shape index (κ2) is 31.3. The molecule has 2 aromatic heterocycles. The van der Waals surface area contributed by atoms with Crippen LogP contribution in [0, 0.1) is 18.7 Å². The van der Waals surface area contributed by atoms with Gasteiger partial charge in [-0.15, -0.1) is 0 Å². The minimum atomic E-state index is -0.494. The van der Waals surface area contributed by atoms with Gasteiger partial charge < -0.3 is 34.4 Å². The normalized spacial score (nSPS) is 15.9. The Bertz CT molecular complexity index is 2700. The average molecular weight is 1270 g/mol. The number of hydrogen-bond acceptors (Lipinski definition) is 16. The van der Waals surface area contributed by atoms with Crippen LogP contribution < -0.4 is 37.5 Å². The number of carbonyl (C=O) groups excluding carboxylic acids is 9. The first-order valence-corrected chi connectivity index (χ1v) is 28.2. The first kappa shape index (κ1) is 63.4. The number of fused-ring (bicyclic) bond motifs is 4.